The molecule has 10 heteroatoms. The van der Waals surface area contributed by atoms with Crippen molar-refractivity contribution in [2.45, 2.75) is 70.8 Å². The summed E-state index contributed by atoms with van der Waals surface area (Å²) in [6.45, 7) is 6.25. The van der Waals surface area contributed by atoms with Gasteiger partial charge in [0.15, 0.2) is 11.5 Å². The van der Waals surface area contributed by atoms with Crippen LogP contribution in [-0.4, -0.2) is 72.6 Å². The SMILES string of the molecule is COc1cc2c(cc1OCCCCCCCOc1ccc(-n3c(-c4ccccc4)nc4ccc(N5CCC(C)CC5)cc4c3=O)cc1)N=C[C@@H]1CCCN1C2=O. The molecule has 2 saturated heterocycles. The van der Waals surface area contributed by atoms with Gasteiger partial charge in [-0.05, 0) is 93.0 Å². The third-order valence-electron chi connectivity index (χ3n) is 11.4. The lowest BCUT2D eigenvalue weighted by atomic mass is 9.98. The van der Waals surface area contributed by atoms with Crippen molar-refractivity contribution in [3.63, 3.8) is 0 Å². The zero-order chi connectivity index (χ0) is 38.4. The summed E-state index contributed by atoms with van der Waals surface area (Å²) < 4.78 is 19.5. The second kappa shape index (κ2) is 17.0. The van der Waals surface area contributed by atoms with Crippen LogP contribution in [0.1, 0.15) is 75.1 Å². The van der Waals surface area contributed by atoms with E-state index in [1.54, 1.807) is 17.7 Å². The molecule has 0 bridgehead atoms. The van der Waals surface area contributed by atoms with E-state index < -0.39 is 0 Å². The maximum atomic E-state index is 14.3. The van der Waals surface area contributed by atoms with Crippen molar-refractivity contribution in [1.82, 2.24) is 14.5 Å². The summed E-state index contributed by atoms with van der Waals surface area (Å²) in [5.41, 5.74) is 4.54. The number of aromatic nitrogens is 2. The molecule has 2 fully saturated rings. The molecule has 4 heterocycles. The number of methoxy groups -OCH3 is 1. The van der Waals surface area contributed by atoms with Gasteiger partial charge in [-0.25, -0.2) is 4.98 Å². The van der Waals surface area contributed by atoms with Gasteiger partial charge in [-0.1, -0.05) is 56.5 Å². The standard InChI is InChI=1S/C46H51N5O5/c1-32-21-24-49(25-22-32)35-17-20-40-38(28-35)46(53)51(44(48-40)33-12-7-6-8-13-33)34-15-18-37(19-16-34)55-26-9-4-3-5-10-27-56-43-30-41-39(29-42(43)54-2)45(52)50-23-11-14-36(50)31-47-41/h6-8,12-13,15-20,28-32,36H,3-5,9-11,14,21-27H2,1-2H3/t36-/m0/s1. The van der Waals surface area contributed by atoms with Gasteiger partial charge < -0.3 is 24.0 Å². The number of rotatable bonds is 14. The van der Waals surface area contributed by atoms with E-state index in [1.165, 1.54) is 0 Å². The monoisotopic (exact) mass is 753 g/mol. The highest BCUT2D eigenvalue weighted by Crippen LogP contribution is 2.38. The first-order chi connectivity index (χ1) is 27.5. The van der Waals surface area contributed by atoms with Crippen LogP contribution in [0.25, 0.3) is 28.0 Å². The molecule has 1 aromatic heterocycles. The number of hydrogen-bond donors (Lipinski definition) is 0. The van der Waals surface area contributed by atoms with Crippen LogP contribution in [0, 0.1) is 5.92 Å². The number of fused-ring (bicyclic) bond motifs is 3. The van der Waals surface area contributed by atoms with E-state index >= 15 is 0 Å². The predicted octanol–water partition coefficient (Wildman–Crippen LogP) is 9.03. The number of unbranched alkanes of at least 4 members (excludes halogenated alkanes) is 4. The van der Waals surface area contributed by atoms with Crippen molar-refractivity contribution in [3.05, 3.63) is 101 Å². The lowest BCUT2D eigenvalue weighted by Crippen LogP contribution is -2.35. The molecule has 0 aliphatic carbocycles. The Balaban J connectivity index is 0.844. The number of hydrogen-bond acceptors (Lipinski definition) is 8. The van der Waals surface area contributed by atoms with Gasteiger partial charge in [0.05, 0.1) is 54.2 Å². The van der Waals surface area contributed by atoms with Gasteiger partial charge in [0.25, 0.3) is 11.5 Å². The van der Waals surface area contributed by atoms with Gasteiger partial charge in [0.1, 0.15) is 11.6 Å². The molecule has 1 atom stereocenters. The number of benzene rings is 4. The average Bonchev–Trinajstić information content (AvgIpc) is 3.67. The van der Waals surface area contributed by atoms with Crippen LogP contribution >= 0.6 is 0 Å². The first-order valence-corrected chi connectivity index (χ1v) is 20.3. The van der Waals surface area contributed by atoms with Gasteiger partial charge in [0, 0.05) is 43.2 Å². The van der Waals surface area contributed by atoms with Crippen LogP contribution < -0.4 is 24.7 Å². The largest absolute Gasteiger partial charge is 0.494 e. The second-order valence-electron chi connectivity index (χ2n) is 15.3. The number of ether oxygens (including phenoxy) is 3. The lowest BCUT2D eigenvalue weighted by Gasteiger charge is -2.32. The fourth-order valence-corrected chi connectivity index (χ4v) is 8.08. The van der Waals surface area contributed by atoms with E-state index in [0.717, 1.165) is 106 Å². The van der Waals surface area contributed by atoms with Crippen LogP contribution in [0.3, 0.4) is 0 Å². The van der Waals surface area contributed by atoms with Crippen LogP contribution in [-0.2, 0) is 0 Å². The molecule has 4 aromatic carbocycles. The average molecular weight is 754 g/mol. The number of nitrogens with zero attached hydrogens (tertiary/aromatic N) is 5. The van der Waals surface area contributed by atoms with E-state index in [4.69, 9.17) is 19.2 Å². The van der Waals surface area contributed by atoms with Crippen LogP contribution in [0.15, 0.2) is 94.7 Å². The van der Waals surface area contributed by atoms with Gasteiger partial charge in [-0.3, -0.25) is 19.1 Å². The Morgan fingerprint density at radius 2 is 1.48 bits per heavy atom. The summed E-state index contributed by atoms with van der Waals surface area (Å²) in [5.74, 6) is 3.31. The molecule has 0 N–H and O–H groups in total. The Hall–Kier alpha value is -5.64. The van der Waals surface area contributed by atoms with Gasteiger partial charge in [0.2, 0.25) is 0 Å². The summed E-state index contributed by atoms with van der Waals surface area (Å²) in [4.78, 5) is 41.4. The van der Waals surface area contributed by atoms with Crippen LogP contribution in [0.4, 0.5) is 11.4 Å². The predicted molar refractivity (Wildman–Crippen MR) is 223 cm³/mol. The zero-order valence-corrected chi connectivity index (χ0v) is 32.5. The summed E-state index contributed by atoms with van der Waals surface area (Å²) in [5, 5.41) is 0.619. The molecule has 10 nitrogen and oxygen atoms in total. The molecular weight excluding hydrogens is 703 g/mol. The minimum absolute atomic E-state index is 0.00914. The fourth-order valence-electron chi connectivity index (χ4n) is 8.08. The highest BCUT2D eigenvalue weighted by Gasteiger charge is 2.32. The van der Waals surface area contributed by atoms with Crippen LogP contribution in [0.2, 0.25) is 0 Å². The summed E-state index contributed by atoms with van der Waals surface area (Å²) >= 11 is 0. The Kier molecular flexibility index (Phi) is 11.3. The first kappa shape index (κ1) is 37.3. The zero-order valence-electron chi connectivity index (χ0n) is 32.5. The van der Waals surface area contributed by atoms with E-state index in [1.807, 2.05) is 83.9 Å². The Morgan fingerprint density at radius 3 is 2.25 bits per heavy atom. The molecule has 290 valence electrons. The maximum Gasteiger partial charge on any atom is 0.266 e. The lowest BCUT2D eigenvalue weighted by molar-refractivity contribution is 0.0774. The minimum Gasteiger partial charge on any atom is -0.494 e. The highest BCUT2D eigenvalue weighted by atomic mass is 16.5. The van der Waals surface area contributed by atoms with Crippen molar-refractivity contribution >= 4 is 34.4 Å². The number of amides is 1. The molecule has 0 unspecified atom stereocenters. The molecule has 0 radical (unpaired) electrons. The van der Waals surface area contributed by atoms with E-state index in [9.17, 15) is 9.59 Å². The molecule has 3 aliphatic heterocycles. The molecule has 5 aromatic rings. The number of carbonyl (C=O) groups excluding carboxylic acids is 1. The summed E-state index contributed by atoms with van der Waals surface area (Å²) in [6.07, 6.45) is 11.2. The molecule has 56 heavy (non-hydrogen) atoms. The van der Waals surface area contributed by atoms with Gasteiger partial charge in [-0.15, -0.1) is 0 Å². The smallest absolute Gasteiger partial charge is 0.266 e. The van der Waals surface area contributed by atoms with Crippen LogP contribution in [0.5, 0.6) is 17.2 Å². The summed E-state index contributed by atoms with van der Waals surface area (Å²) in [6, 6.07) is 27.4. The molecular formula is C46H51N5O5. The van der Waals surface area contributed by atoms with Crippen molar-refractivity contribution < 1.29 is 19.0 Å². The quantitative estimate of drug-likeness (QED) is 0.104. The molecule has 0 spiro atoms. The molecule has 3 aliphatic rings. The van der Waals surface area contributed by atoms with E-state index in [-0.39, 0.29) is 17.5 Å². The third-order valence-corrected chi connectivity index (χ3v) is 11.4. The second-order valence-corrected chi connectivity index (χ2v) is 15.3. The summed E-state index contributed by atoms with van der Waals surface area (Å²) in [7, 11) is 1.60. The molecule has 1 amide bonds. The Bertz CT molecular complexity index is 2250. The minimum atomic E-state index is -0.0803. The number of carbonyl (C=O) groups is 1. The number of piperidine rings is 1. The first-order valence-electron chi connectivity index (χ1n) is 20.3. The van der Waals surface area contributed by atoms with Gasteiger partial charge >= 0.3 is 0 Å². The Morgan fingerprint density at radius 1 is 0.750 bits per heavy atom. The van der Waals surface area contributed by atoms with E-state index in [0.29, 0.717) is 52.7 Å². The van der Waals surface area contributed by atoms with Crippen molar-refractivity contribution in [2.24, 2.45) is 10.9 Å². The molecule has 0 saturated carbocycles. The number of aliphatic imine (C=N–C) groups is 1. The maximum absolute atomic E-state index is 14.3. The van der Waals surface area contributed by atoms with Crippen molar-refractivity contribution in [3.8, 4) is 34.3 Å². The third kappa shape index (κ3) is 8.01. The topological polar surface area (TPSA) is 98.5 Å². The van der Waals surface area contributed by atoms with E-state index in [2.05, 4.69) is 22.9 Å². The van der Waals surface area contributed by atoms with Gasteiger partial charge in [-0.2, -0.15) is 0 Å². The van der Waals surface area contributed by atoms with Crippen molar-refractivity contribution in [2.75, 3.05) is 44.9 Å². The fraction of sp³-hybridized carbons (Fsp3) is 0.391. The number of anilines is 1. The molecule has 8 rings (SSSR count). The van der Waals surface area contributed by atoms with Crippen molar-refractivity contribution in [1.29, 1.82) is 0 Å². The highest BCUT2D eigenvalue weighted by molar-refractivity contribution is 6.03. The normalized spacial score (nSPS) is 16.8. The Labute approximate surface area is 328 Å².